The van der Waals surface area contributed by atoms with Crippen molar-refractivity contribution in [2.45, 2.75) is 6.92 Å². The van der Waals surface area contributed by atoms with Crippen LogP contribution < -0.4 is 19.6 Å². The second-order valence-electron chi connectivity index (χ2n) is 4.96. The number of fused-ring (bicyclic) bond motifs is 1. The predicted molar refractivity (Wildman–Crippen MR) is 86.9 cm³/mol. The van der Waals surface area contributed by atoms with Gasteiger partial charge in [-0.3, -0.25) is 9.59 Å². The van der Waals surface area contributed by atoms with Gasteiger partial charge in [0.1, 0.15) is 29.1 Å². The zero-order valence-electron chi connectivity index (χ0n) is 13.1. The van der Waals surface area contributed by atoms with E-state index in [0.717, 1.165) is 0 Å². The van der Waals surface area contributed by atoms with Gasteiger partial charge in [-0.1, -0.05) is 6.07 Å². The molecular weight excluding hydrogens is 312 g/mol. The predicted octanol–water partition coefficient (Wildman–Crippen LogP) is 3.52. The zero-order chi connectivity index (χ0) is 17.1. The van der Waals surface area contributed by atoms with Gasteiger partial charge in [0, 0.05) is 19.1 Å². The van der Waals surface area contributed by atoms with Gasteiger partial charge in [-0.25, -0.2) is 0 Å². The summed E-state index contributed by atoms with van der Waals surface area (Å²) in [6, 6.07) is 11.4. The van der Waals surface area contributed by atoms with Crippen LogP contribution in [0.3, 0.4) is 0 Å². The fourth-order valence-electron chi connectivity index (χ4n) is 2.18. The Labute approximate surface area is 137 Å². The Hall–Kier alpha value is -3.28. The maximum Gasteiger partial charge on any atom is 0.308 e. The van der Waals surface area contributed by atoms with E-state index < -0.39 is 5.97 Å². The number of hydrogen-bond acceptors (Lipinski definition) is 6. The third kappa shape index (κ3) is 3.22. The van der Waals surface area contributed by atoms with E-state index in [1.165, 1.54) is 31.4 Å². The summed E-state index contributed by atoms with van der Waals surface area (Å²) >= 11 is 0. The van der Waals surface area contributed by atoms with Gasteiger partial charge in [0.25, 0.3) is 0 Å². The average Bonchev–Trinajstić information content (AvgIpc) is 2.57. The van der Waals surface area contributed by atoms with E-state index in [0.29, 0.717) is 28.2 Å². The highest BCUT2D eigenvalue weighted by molar-refractivity contribution is 5.80. The van der Waals surface area contributed by atoms with E-state index in [2.05, 4.69) is 0 Å². The number of hydrogen-bond donors (Lipinski definition) is 0. The number of benzene rings is 2. The molecule has 0 amide bonds. The molecule has 0 N–H and O–H groups in total. The summed E-state index contributed by atoms with van der Waals surface area (Å²) < 4.78 is 21.1. The van der Waals surface area contributed by atoms with Crippen LogP contribution in [0.1, 0.15) is 6.92 Å². The highest BCUT2D eigenvalue weighted by Gasteiger charge is 2.11. The molecule has 24 heavy (non-hydrogen) atoms. The second-order valence-corrected chi connectivity index (χ2v) is 4.96. The molecule has 0 radical (unpaired) electrons. The summed E-state index contributed by atoms with van der Waals surface area (Å²) in [4.78, 5) is 23.5. The second kappa shape index (κ2) is 6.45. The number of carbonyl (C=O) groups is 1. The summed E-state index contributed by atoms with van der Waals surface area (Å²) in [6.45, 7) is 1.30. The number of esters is 1. The molecule has 0 fully saturated rings. The molecular formula is C18H14O6. The third-order valence-electron chi connectivity index (χ3n) is 3.25. The minimum Gasteiger partial charge on any atom is -0.497 e. The van der Waals surface area contributed by atoms with Crippen LogP contribution in [0.25, 0.3) is 11.0 Å². The van der Waals surface area contributed by atoms with Crippen LogP contribution >= 0.6 is 0 Å². The number of ether oxygens (including phenoxy) is 3. The van der Waals surface area contributed by atoms with E-state index in [9.17, 15) is 9.59 Å². The monoisotopic (exact) mass is 326 g/mol. The molecule has 3 aromatic rings. The Morgan fingerprint density at radius 2 is 1.83 bits per heavy atom. The lowest BCUT2D eigenvalue weighted by Crippen LogP contribution is -2.06. The van der Waals surface area contributed by atoms with Gasteiger partial charge in [-0.2, -0.15) is 0 Å². The van der Waals surface area contributed by atoms with Crippen LogP contribution in [0, 0.1) is 0 Å². The molecule has 1 heterocycles. The van der Waals surface area contributed by atoms with Crippen LogP contribution in [-0.2, 0) is 4.79 Å². The smallest absolute Gasteiger partial charge is 0.308 e. The Bertz CT molecular complexity index is 957. The van der Waals surface area contributed by atoms with Crippen molar-refractivity contribution >= 4 is 16.9 Å². The first-order valence-corrected chi connectivity index (χ1v) is 7.13. The molecule has 0 aliphatic carbocycles. The molecule has 0 atom stereocenters. The van der Waals surface area contributed by atoms with Crippen molar-refractivity contribution in [3.8, 4) is 23.0 Å². The van der Waals surface area contributed by atoms with Gasteiger partial charge < -0.3 is 18.6 Å². The Morgan fingerprint density at radius 1 is 1.04 bits per heavy atom. The van der Waals surface area contributed by atoms with Gasteiger partial charge >= 0.3 is 5.97 Å². The number of methoxy groups -OCH3 is 1. The lowest BCUT2D eigenvalue weighted by molar-refractivity contribution is -0.131. The van der Waals surface area contributed by atoms with Gasteiger partial charge in [0.2, 0.25) is 11.2 Å². The molecule has 3 rings (SSSR count). The summed E-state index contributed by atoms with van der Waals surface area (Å²) in [5, 5.41) is 0.325. The topological polar surface area (TPSA) is 75.0 Å². The molecule has 0 spiro atoms. The van der Waals surface area contributed by atoms with E-state index in [-0.39, 0.29) is 11.2 Å². The standard InChI is InChI=1S/C18H14O6/c1-11(19)23-14-6-7-15-16(9-14)22-10-17(18(15)20)24-13-5-3-4-12(8-13)21-2/h3-10H,1-2H3. The quantitative estimate of drug-likeness (QED) is 0.539. The van der Waals surface area contributed by atoms with Crippen molar-refractivity contribution < 1.29 is 23.4 Å². The molecule has 0 aliphatic heterocycles. The first-order valence-electron chi connectivity index (χ1n) is 7.13. The minimum atomic E-state index is -0.449. The fraction of sp³-hybridized carbons (Fsp3) is 0.111. The summed E-state index contributed by atoms with van der Waals surface area (Å²) in [5.41, 5.74) is -0.0230. The lowest BCUT2D eigenvalue weighted by Gasteiger charge is -2.07. The van der Waals surface area contributed by atoms with Crippen LogP contribution in [0.15, 0.2) is 57.9 Å². The van der Waals surface area contributed by atoms with E-state index >= 15 is 0 Å². The van der Waals surface area contributed by atoms with E-state index in [1.54, 1.807) is 31.4 Å². The maximum atomic E-state index is 12.5. The minimum absolute atomic E-state index is 0.0518. The molecule has 6 heteroatoms. The maximum absolute atomic E-state index is 12.5. The fourth-order valence-corrected chi connectivity index (χ4v) is 2.18. The zero-order valence-corrected chi connectivity index (χ0v) is 13.1. The Kier molecular flexibility index (Phi) is 4.20. The molecule has 0 unspecified atom stereocenters. The highest BCUT2D eigenvalue weighted by Crippen LogP contribution is 2.26. The van der Waals surface area contributed by atoms with E-state index in [1.807, 2.05) is 0 Å². The summed E-state index contributed by atoms with van der Waals surface area (Å²) in [5.74, 6) is 0.978. The number of carbonyl (C=O) groups excluding carboxylic acids is 1. The summed E-state index contributed by atoms with van der Waals surface area (Å²) in [7, 11) is 1.55. The first-order chi connectivity index (χ1) is 11.6. The molecule has 6 nitrogen and oxygen atoms in total. The largest absolute Gasteiger partial charge is 0.497 e. The molecule has 0 saturated heterocycles. The highest BCUT2D eigenvalue weighted by atomic mass is 16.5. The van der Waals surface area contributed by atoms with E-state index in [4.69, 9.17) is 18.6 Å². The van der Waals surface area contributed by atoms with Crippen molar-refractivity contribution in [2.75, 3.05) is 7.11 Å². The van der Waals surface area contributed by atoms with Crippen molar-refractivity contribution in [3.05, 3.63) is 59.0 Å². The van der Waals surface area contributed by atoms with Crippen molar-refractivity contribution in [1.82, 2.24) is 0 Å². The molecule has 0 saturated carbocycles. The van der Waals surface area contributed by atoms with Crippen molar-refractivity contribution in [1.29, 1.82) is 0 Å². The van der Waals surface area contributed by atoms with Gasteiger partial charge in [-0.05, 0) is 24.3 Å². The van der Waals surface area contributed by atoms with Crippen LogP contribution in [-0.4, -0.2) is 13.1 Å². The lowest BCUT2D eigenvalue weighted by atomic mass is 10.2. The molecule has 0 bridgehead atoms. The first kappa shape index (κ1) is 15.6. The van der Waals surface area contributed by atoms with Gasteiger partial charge in [0.15, 0.2) is 0 Å². The summed E-state index contributed by atoms with van der Waals surface area (Å²) in [6.07, 6.45) is 1.22. The molecule has 1 aromatic heterocycles. The number of rotatable bonds is 4. The normalized spacial score (nSPS) is 10.4. The van der Waals surface area contributed by atoms with Crippen LogP contribution in [0.4, 0.5) is 0 Å². The Morgan fingerprint density at radius 3 is 2.58 bits per heavy atom. The SMILES string of the molecule is COc1cccc(Oc2coc3cc(OC(C)=O)ccc3c2=O)c1. The van der Waals surface area contributed by atoms with Crippen LogP contribution in [0.5, 0.6) is 23.0 Å². The average molecular weight is 326 g/mol. The Balaban J connectivity index is 1.96. The van der Waals surface area contributed by atoms with Crippen LogP contribution in [0.2, 0.25) is 0 Å². The van der Waals surface area contributed by atoms with Crippen molar-refractivity contribution in [2.24, 2.45) is 0 Å². The van der Waals surface area contributed by atoms with Gasteiger partial charge in [-0.15, -0.1) is 0 Å². The molecule has 2 aromatic carbocycles. The van der Waals surface area contributed by atoms with Crippen molar-refractivity contribution in [3.63, 3.8) is 0 Å². The van der Waals surface area contributed by atoms with Gasteiger partial charge in [0.05, 0.1) is 12.5 Å². The third-order valence-corrected chi connectivity index (χ3v) is 3.25. The molecule has 122 valence electrons. The molecule has 0 aliphatic rings.